The van der Waals surface area contributed by atoms with Gasteiger partial charge in [-0.3, -0.25) is 0 Å². The van der Waals surface area contributed by atoms with E-state index in [1.165, 1.54) is 52.8 Å². The Balaban J connectivity index is 1.09. The zero-order valence-electron chi connectivity index (χ0n) is 25.3. The maximum Gasteiger partial charge on any atom is 0.0972 e. The minimum Gasteiger partial charge on any atom is -0.245 e. The van der Waals surface area contributed by atoms with Gasteiger partial charge in [-0.05, 0) is 75.1 Å². The molecule has 0 atom stereocenters. The average molecular weight is 615 g/mol. The molecule has 2 nitrogen and oxygen atoms in total. The lowest BCUT2D eigenvalue weighted by Gasteiger charge is -2.10. The largest absolute Gasteiger partial charge is 0.245 e. The highest BCUT2D eigenvalue weighted by Gasteiger charge is 2.13. The van der Waals surface area contributed by atoms with Gasteiger partial charge in [-0.15, -0.1) is 11.3 Å². The van der Waals surface area contributed by atoms with Gasteiger partial charge < -0.3 is 0 Å². The smallest absolute Gasteiger partial charge is 0.0972 e. The molecule has 0 saturated carbocycles. The van der Waals surface area contributed by atoms with E-state index in [1.54, 1.807) is 0 Å². The second kappa shape index (κ2) is 10.3. The second-order valence-corrected chi connectivity index (χ2v) is 13.3. The van der Waals surface area contributed by atoms with Crippen molar-refractivity contribution >= 4 is 74.9 Å². The van der Waals surface area contributed by atoms with Crippen molar-refractivity contribution in [2.75, 3.05) is 0 Å². The molecule has 0 fully saturated rings. The van der Waals surface area contributed by atoms with Crippen molar-refractivity contribution in [3.05, 3.63) is 158 Å². The van der Waals surface area contributed by atoms with E-state index in [2.05, 4.69) is 158 Å². The molecule has 0 radical (unpaired) electrons. The average Bonchev–Trinajstić information content (AvgIpc) is 3.52. The number of fused-ring (bicyclic) bond motifs is 8. The first-order valence-electron chi connectivity index (χ1n) is 15.9. The fourth-order valence-electron chi connectivity index (χ4n) is 7.01. The Morgan fingerprint density at radius 2 is 0.936 bits per heavy atom. The van der Waals surface area contributed by atoms with E-state index < -0.39 is 0 Å². The monoisotopic (exact) mass is 614 g/mol. The molecule has 218 valence electrons. The van der Waals surface area contributed by atoms with Gasteiger partial charge >= 0.3 is 0 Å². The summed E-state index contributed by atoms with van der Waals surface area (Å²) >= 11 is 1.86. The van der Waals surface area contributed by atoms with E-state index in [0.29, 0.717) is 0 Å². The number of rotatable bonds is 3. The van der Waals surface area contributed by atoms with Gasteiger partial charge in [0.2, 0.25) is 0 Å². The Labute approximate surface area is 275 Å². The van der Waals surface area contributed by atoms with Crippen LogP contribution in [0.2, 0.25) is 0 Å². The molecule has 7 aromatic carbocycles. The van der Waals surface area contributed by atoms with Gasteiger partial charge in [0, 0.05) is 42.1 Å². The van der Waals surface area contributed by atoms with Crippen LogP contribution in [0.3, 0.4) is 0 Å². The molecule has 3 aromatic heterocycles. The standard InChI is InChI=1S/C44H26N2S/c1-2-8-30-24-35-26-34(18-17-31(35)23-29(30)7-1)40-22-20-28-16-15-27-19-21-39(45-42(27)43(28)46-40)33-10-5-9-32(25-33)36-12-6-13-38-37-11-3-4-14-41(37)47-44(36)38/h1-26H. The van der Waals surface area contributed by atoms with Crippen molar-refractivity contribution in [1.82, 2.24) is 9.97 Å². The van der Waals surface area contributed by atoms with E-state index in [4.69, 9.17) is 9.97 Å². The first-order valence-corrected chi connectivity index (χ1v) is 16.7. The first kappa shape index (κ1) is 26.3. The number of hydrogen-bond acceptors (Lipinski definition) is 3. The number of thiophene rings is 1. The highest BCUT2D eigenvalue weighted by atomic mass is 32.1. The van der Waals surface area contributed by atoms with Crippen LogP contribution >= 0.6 is 11.3 Å². The fraction of sp³-hybridized carbons (Fsp3) is 0. The predicted octanol–water partition coefficient (Wildman–Crippen LogP) is 12.5. The Bertz CT molecular complexity index is 2860. The number of pyridine rings is 2. The quantitative estimate of drug-likeness (QED) is 0.146. The summed E-state index contributed by atoms with van der Waals surface area (Å²) in [6.45, 7) is 0. The minimum atomic E-state index is 0.922. The first-order chi connectivity index (χ1) is 23.2. The molecule has 0 aliphatic carbocycles. The summed E-state index contributed by atoms with van der Waals surface area (Å²) in [6, 6.07) is 56.7. The lowest BCUT2D eigenvalue weighted by atomic mass is 9.99. The molecular formula is C44H26N2S. The number of benzene rings is 7. The Morgan fingerprint density at radius 3 is 1.72 bits per heavy atom. The van der Waals surface area contributed by atoms with Gasteiger partial charge in [-0.25, -0.2) is 9.97 Å². The molecule has 0 aliphatic heterocycles. The molecule has 0 N–H and O–H groups in total. The molecule has 0 spiro atoms. The van der Waals surface area contributed by atoms with E-state index in [1.807, 2.05) is 11.3 Å². The third-order valence-electron chi connectivity index (χ3n) is 9.39. The van der Waals surface area contributed by atoms with Gasteiger partial charge in [0.05, 0.1) is 22.4 Å². The van der Waals surface area contributed by atoms with Crippen LogP contribution in [-0.2, 0) is 0 Å². The second-order valence-electron chi connectivity index (χ2n) is 12.2. The molecule has 3 heteroatoms. The van der Waals surface area contributed by atoms with Gasteiger partial charge in [-0.1, -0.05) is 115 Å². The van der Waals surface area contributed by atoms with Crippen LogP contribution in [0.1, 0.15) is 0 Å². The number of hydrogen-bond donors (Lipinski definition) is 0. The summed E-state index contributed by atoms with van der Waals surface area (Å²) in [4.78, 5) is 10.5. The van der Waals surface area contributed by atoms with E-state index >= 15 is 0 Å². The van der Waals surface area contributed by atoms with Crippen LogP contribution in [0.5, 0.6) is 0 Å². The fourth-order valence-corrected chi connectivity index (χ4v) is 8.25. The zero-order chi connectivity index (χ0) is 30.9. The topological polar surface area (TPSA) is 25.8 Å². The Kier molecular flexibility index (Phi) is 5.78. The van der Waals surface area contributed by atoms with E-state index in [0.717, 1.165) is 44.3 Å². The highest BCUT2D eigenvalue weighted by Crippen LogP contribution is 2.40. The molecular weight excluding hydrogens is 589 g/mol. The van der Waals surface area contributed by atoms with Crippen LogP contribution in [0, 0.1) is 0 Å². The lowest BCUT2D eigenvalue weighted by molar-refractivity contribution is 1.37. The molecule has 10 rings (SSSR count). The molecule has 0 amide bonds. The van der Waals surface area contributed by atoms with Crippen LogP contribution < -0.4 is 0 Å². The molecule has 3 heterocycles. The number of aromatic nitrogens is 2. The highest BCUT2D eigenvalue weighted by molar-refractivity contribution is 7.26. The summed E-state index contributed by atoms with van der Waals surface area (Å²) < 4.78 is 2.64. The van der Waals surface area contributed by atoms with Crippen LogP contribution in [0.15, 0.2) is 158 Å². The lowest BCUT2D eigenvalue weighted by Crippen LogP contribution is -1.91. The Hall–Kier alpha value is -5.90. The summed E-state index contributed by atoms with van der Waals surface area (Å²) in [5.74, 6) is 0. The maximum absolute atomic E-state index is 5.26. The number of nitrogens with zero attached hydrogens (tertiary/aromatic N) is 2. The van der Waals surface area contributed by atoms with Crippen molar-refractivity contribution in [2.45, 2.75) is 0 Å². The van der Waals surface area contributed by atoms with Crippen molar-refractivity contribution < 1.29 is 0 Å². The van der Waals surface area contributed by atoms with Crippen molar-refractivity contribution in [2.24, 2.45) is 0 Å². The third kappa shape index (κ3) is 4.32. The van der Waals surface area contributed by atoms with Gasteiger partial charge in [0.25, 0.3) is 0 Å². The summed E-state index contributed by atoms with van der Waals surface area (Å²) in [7, 11) is 0. The van der Waals surface area contributed by atoms with Gasteiger partial charge in [0.15, 0.2) is 0 Å². The molecule has 0 aliphatic rings. The van der Waals surface area contributed by atoms with E-state index in [-0.39, 0.29) is 0 Å². The van der Waals surface area contributed by atoms with Crippen LogP contribution in [-0.4, -0.2) is 9.97 Å². The SMILES string of the molecule is c1cc(-c2ccc3ccc4ccc(-c5ccc6cc7ccccc7cc6c5)nc4c3n2)cc(-c2cccc3c2sc2ccccc23)c1. The normalized spacial score (nSPS) is 11.8. The maximum atomic E-state index is 5.26. The zero-order valence-corrected chi connectivity index (χ0v) is 26.1. The van der Waals surface area contributed by atoms with Crippen molar-refractivity contribution in [1.29, 1.82) is 0 Å². The molecule has 0 bridgehead atoms. The van der Waals surface area contributed by atoms with Crippen molar-refractivity contribution in [3.63, 3.8) is 0 Å². The van der Waals surface area contributed by atoms with Crippen molar-refractivity contribution in [3.8, 4) is 33.6 Å². The minimum absolute atomic E-state index is 0.922. The van der Waals surface area contributed by atoms with Gasteiger partial charge in [-0.2, -0.15) is 0 Å². The molecule has 0 saturated heterocycles. The molecule has 0 unspecified atom stereocenters. The van der Waals surface area contributed by atoms with E-state index in [9.17, 15) is 0 Å². The summed E-state index contributed by atoms with van der Waals surface area (Å²) in [5, 5.41) is 9.75. The molecule has 10 aromatic rings. The predicted molar refractivity (Wildman–Crippen MR) is 201 cm³/mol. The molecule has 47 heavy (non-hydrogen) atoms. The summed E-state index contributed by atoms with van der Waals surface area (Å²) in [5.41, 5.74) is 8.39. The van der Waals surface area contributed by atoms with Crippen LogP contribution in [0.25, 0.3) is 97.2 Å². The third-order valence-corrected chi connectivity index (χ3v) is 10.6. The van der Waals surface area contributed by atoms with Crippen LogP contribution in [0.4, 0.5) is 0 Å². The van der Waals surface area contributed by atoms with Gasteiger partial charge in [0.1, 0.15) is 0 Å². The summed E-state index contributed by atoms with van der Waals surface area (Å²) in [6.07, 6.45) is 0. The Morgan fingerprint density at radius 1 is 0.362 bits per heavy atom.